The maximum atomic E-state index is 13.3. The fourth-order valence-electron chi connectivity index (χ4n) is 3.42. The third-order valence-electron chi connectivity index (χ3n) is 4.61. The van der Waals surface area contributed by atoms with E-state index in [1.165, 1.54) is 12.1 Å². The second kappa shape index (κ2) is 8.19. The maximum Gasteiger partial charge on any atom is 0.238 e. The Morgan fingerprint density at radius 3 is 2.81 bits per heavy atom. The highest BCUT2D eigenvalue weighted by atomic mass is 19.1. The molecule has 0 unspecified atom stereocenters. The summed E-state index contributed by atoms with van der Waals surface area (Å²) in [5.41, 5.74) is 1.48. The number of nitrogens with one attached hydrogen (secondary N) is 1. The van der Waals surface area contributed by atoms with Gasteiger partial charge in [-0.15, -0.1) is 0 Å². The first kappa shape index (κ1) is 18.2. The molecule has 2 aromatic rings. The van der Waals surface area contributed by atoms with Gasteiger partial charge in [-0.3, -0.25) is 9.69 Å². The van der Waals surface area contributed by atoms with Crippen LogP contribution in [0.4, 0.5) is 10.1 Å². The van der Waals surface area contributed by atoms with Crippen molar-refractivity contribution in [3.8, 4) is 11.5 Å². The monoisotopic (exact) mass is 358 g/mol. The fourth-order valence-corrected chi connectivity index (χ4v) is 3.42. The number of nitrogens with zero attached hydrogens (tertiary/aromatic N) is 1. The van der Waals surface area contributed by atoms with Gasteiger partial charge in [0.2, 0.25) is 5.91 Å². The van der Waals surface area contributed by atoms with Crippen LogP contribution in [0.1, 0.15) is 24.4 Å². The molecular weight excluding hydrogens is 335 g/mol. The largest absolute Gasteiger partial charge is 0.497 e. The number of hydrogen-bond acceptors (Lipinski definition) is 4. The van der Waals surface area contributed by atoms with Crippen LogP contribution in [0.5, 0.6) is 11.5 Å². The van der Waals surface area contributed by atoms with Gasteiger partial charge < -0.3 is 14.8 Å². The Morgan fingerprint density at radius 1 is 1.23 bits per heavy atom. The summed E-state index contributed by atoms with van der Waals surface area (Å²) in [7, 11) is 3.27. The summed E-state index contributed by atoms with van der Waals surface area (Å²) < 4.78 is 24.1. The molecule has 1 N–H and O–H groups in total. The van der Waals surface area contributed by atoms with Gasteiger partial charge in [-0.05, 0) is 55.8 Å². The molecule has 26 heavy (non-hydrogen) atoms. The van der Waals surface area contributed by atoms with Crippen molar-refractivity contribution in [2.45, 2.75) is 18.9 Å². The molecule has 0 aliphatic carbocycles. The quantitative estimate of drug-likeness (QED) is 0.857. The fraction of sp³-hybridized carbons (Fsp3) is 0.350. The number of carbonyl (C=O) groups is 1. The molecule has 1 atom stereocenters. The van der Waals surface area contributed by atoms with E-state index in [9.17, 15) is 9.18 Å². The highest BCUT2D eigenvalue weighted by Gasteiger charge is 2.30. The molecule has 6 heteroatoms. The van der Waals surface area contributed by atoms with E-state index in [-0.39, 0.29) is 24.3 Å². The first-order valence-electron chi connectivity index (χ1n) is 8.62. The van der Waals surface area contributed by atoms with Gasteiger partial charge >= 0.3 is 0 Å². The lowest BCUT2D eigenvalue weighted by atomic mass is 10.0. The number of anilines is 1. The third kappa shape index (κ3) is 4.14. The average molecular weight is 358 g/mol. The van der Waals surface area contributed by atoms with Gasteiger partial charge in [0.05, 0.1) is 20.8 Å². The summed E-state index contributed by atoms with van der Waals surface area (Å²) in [6.45, 7) is 1.06. The van der Waals surface area contributed by atoms with Gasteiger partial charge in [-0.2, -0.15) is 0 Å². The van der Waals surface area contributed by atoms with E-state index in [1.807, 2.05) is 18.2 Å². The molecule has 0 saturated carbocycles. The molecule has 138 valence electrons. The first-order chi connectivity index (χ1) is 12.6. The zero-order chi connectivity index (χ0) is 18.5. The van der Waals surface area contributed by atoms with Gasteiger partial charge in [-0.25, -0.2) is 4.39 Å². The molecule has 0 bridgehead atoms. The van der Waals surface area contributed by atoms with Crippen molar-refractivity contribution in [1.82, 2.24) is 4.90 Å². The second-order valence-electron chi connectivity index (χ2n) is 6.29. The van der Waals surface area contributed by atoms with E-state index in [0.717, 1.165) is 36.4 Å². The average Bonchev–Trinajstić information content (AvgIpc) is 3.08. The van der Waals surface area contributed by atoms with Gasteiger partial charge in [0.25, 0.3) is 0 Å². The smallest absolute Gasteiger partial charge is 0.238 e. The second-order valence-corrected chi connectivity index (χ2v) is 6.29. The van der Waals surface area contributed by atoms with Crippen molar-refractivity contribution in [3.63, 3.8) is 0 Å². The van der Waals surface area contributed by atoms with Gasteiger partial charge in [0, 0.05) is 17.3 Å². The molecule has 2 aromatic carbocycles. The Bertz CT molecular complexity index is 781. The minimum atomic E-state index is -0.372. The van der Waals surface area contributed by atoms with E-state index in [1.54, 1.807) is 26.4 Å². The van der Waals surface area contributed by atoms with Crippen molar-refractivity contribution in [2.24, 2.45) is 0 Å². The van der Waals surface area contributed by atoms with Crippen LogP contribution in [0.15, 0.2) is 42.5 Å². The van der Waals surface area contributed by atoms with Crippen LogP contribution >= 0.6 is 0 Å². The number of halogens is 1. The first-order valence-corrected chi connectivity index (χ1v) is 8.62. The summed E-state index contributed by atoms with van der Waals surface area (Å²) in [4.78, 5) is 14.5. The molecule has 0 radical (unpaired) electrons. The maximum absolute atomic E-state index is 13.3. The van der Waals surface area contributed by atoms with Crippen molar-refractivity contribution < 1.29 is 18.7 Å². The minimum Gasteiger partial charge on any atom is -0.497 e. The van der Waals surface area contributed by atoms with Crippen LogP contribution in [0.25, 0.3) is 0 Å². The molecule has 1 fully saturated rings. The van der Waals surface area contributed by atoms with E-state index in [4.69, 9.17) is 9.47 Å². The Hall–Kier alpha value is -2.60. The molecular formula is C20H23FN2O3. The van der Waals surface area contributed by atoms with Crippen molar-refractivity contribution in [1.29, 1.82) is 0 Å². The van der Waals surface area contributed by atoms with Gasteiger partial charge in [0.1, 0.15) is 17.3 Å². The van der Waals surface area contributed by atoms with Crippen LogP contribution in [0.3, 0.4) is 0 Å². The summed E-state index contributed by atoms with van der Waals surface area (Å²) in [6, 6.07) is 11.7. The molecule has 1 aliphatic rings. The molecule has 1 amide bonds. The zero-order valence-electron chi connectivity index (χ0n) is 15.0. The SMILES string of the molecule is COc1ccc(OC)c([C@@H]2CCCN2CC(=O)Nc2cccc(F)c2)c1. The van der Waals surface area contributed by atoms with Crippen LogP contribution in [-0.4, -0.2) is 38.1 Å². The van der Waals surface area contributed by atoms with Gasteiger partial charge in [0.15, 0.2) is 0 Å². The zero-order valence-corrected chi connectivity index (χ0v) is 15.0. The molecule has 3 rings (SSSR count). The summed E-state index contributed by atoms with van der Waals surface area (Å²) in [6.07, 6.45) is 1.94. The summed E-state index contributed by atoms with van der Waals surface area (Å²) in [5, 5.41) is 2.76. The van der Waals surface area contributed by atoms with E-state index in [2.05, 4.69) is 10.2 Å². The number of amides is 1. The van der Waals surface area contributed by atoms with E-state index >= 15 is 0 Å². The van der Waals surface area contributed by atoms with E-state index in [0.29, 0.717) is 5.69 Å². The molecule has 5 nitrogen and oxygen atoms in total. The lowest BCUT2D eigenvalue weighted by Gasteiger charge is -2.26. The predicted octanol–water partition coefficient (Wildman–Crippen LogP) is 3.62. The third-order valence-corrected chi connectivity index (χ3v) is 4.61. The predicted molar refractivity (Wildman–Crippen MR) is 98.1 cm³/mol. The highest BCUT2D eigenvalue weighted by Crippen LogP contribution is 2.38. The molecule has 0 aromatic heterocycles. The van der Waals surface area contributed by atoms with Crippen molar-refractivity contribution in [2.75, 3.05) is 32.6 Å². The van der Waals surface area contributed by atoms with Crippen molar-refractivity contribution >= 4 is 11.6 Å². The number of likely N-dealkylation sites (tertiary alicyclic amines) is 1. The molecule has 0 spiro atoms. The summed E-state index contributed by atoms with van der Waals surface area (Å²) >= 11 is 0. The normalized spacial score (nSPS) is 17.1. The minimum absolute atomic E-state index is 0.0818. The lowest BCUT2D eigenvalue weighted by Crippen LogP contribution is -2.33. The number of benzene rings is 2. The molecule has 1 saturated heterocycles. The Kier molecular flexibility index (Phi) is 5.73. The van der Waals surface area contributed by atoms with Gasteiger partial charge in [-0.1, -0.05) is 6.07 Å². The number of rotatable bonds is 6. The van der Waals surface area contributed by atoms with E-state index < -0.39 is 0 Å². The standard InChI is InChI=1S/C20H23FN2O3/c1-25-16-8-9-19(26-2)17(12-16)18-7-4-10-23(18)13-20(24)22-15-6-3-5-14(21)11-15/h3,5-6,8-9,11-12,18H,4,7,10,13H2,1-2H3,(H,22,24)/t18-/m0/s1. The van der Waals surface area contributed by atoms with Crippen LogP contribution in [-0.2, 0) is 4.79 Å². The Labute approximate surface area is 152 Å². The number of carbonyl (C=O) groups excluding carboxylic acids is 1. The van der Waals surface area contributed by atoms with Crippen LogP contribution in [0.2, 0.25) is 0 Å². The number of ether oxygens (including phenoxy) is 2. The summed E-state index contributed by atoms with van der Waals surface area (Å²) in [5.74, 6) is 1.01. The Morgan fingerprint density at radius 2 is 2.08 bits per heavy atom. The number of hydrogen-bond donors (Lipinski definition) is 1. The topological polar surface area (TPSA) is 50.8 Å². The molecule has 1 aliphatic heterocycles. The van der Waals surface area contributed by atoms with Crippen LogP contribution < -0.4 is 14.8 Å². The van der Waals surface area contributed by atoms with Crippen molar-refractivity contribution in [3.05, 3.63) is 53.8 Å². The highest BCUT2D eigenvalue weighted by molar-refractivity contribution is 5.92. The molecule has 1 heterocycles. The Balaban J connectivity index is 1.73. The van der Waals surface area contributed by atoms with Crippen LogP contribution in [0, 0.1) is 5.82 Å². The lowest BCUT2D eigenvalue weighted by molar-refractivity contribution is -0.117. The number of methoxy groups -OCH3 is 2.